The average Bonchev–Trinajstić information content (AvgIpc) is 2.52. The quantitative estimate of drug-likeness (QED) is 0.572. The topological polar surface area (TPSA) is 46.2 Å². The number of thioether (sulfide) groups is 1. The third kappa shape index (κ3) is 5.43. The van der Waals surface area contributed by atoms with Gasteiger partial charge >= 0.3 is 0 Å². The van der Waals surface area contributed by atoms with Crippen molar-refractivity contribution in [2.24, 2.45) is 0 Å². The van der Waals surface area contributed by atoms with E-state index in [1.807, 2.05) is 0 Å². The lowest BCUT2D eigenvalue weighted by atomic mass is 10.2. The summed E-state index contributed by atoms with van der Waals surface area (Å²) in [6.07, 6.45) is 0. The van der Waals surface area contributed by atoms with Gasteiger partial charge in [-0.1, -0.05) is 52.5 Å². The molecule has 0 bridgehead atoms. The van der Waals surface area contributed by atoms with E-state index >= 15 is 0 Å². The van der Waals surface area contributed by atoms with Crippen LogP contribution >= 0.6 is 58.2 Å². The van der Waals surface area contributed by atoms with Crippen molar-refractivity contribution in [3.05, 3.63) is 62.1 Å². The molecule has 0 radical (unpaired) electrons. The van der Waals surface area contributed by atoms with Crippen molar-refractivity contribution >= 4 is 68.2 Å². The highest BCUT2D eigenvalue weighted by molar-refractivity contribution is 7.98. The predicted molar refractivity (Wildman–Crippen MR) is 104 cm³/mol. The Kier molecular flexibility index (Phi) is 7.56. The summed E-state index contributed by atoms with van der Waals surface area (Å²) in [6.45, 7) is 0.273. The zero-order valence-electron chi connectivity index (χ0n) is 12.2. The summed E-state index contributed by atoms with van der Waals surface area (Å²) in [6, 6.07) is 9.51. The minimum Gasteiger partial charge on any atom is -0.210 e. The monoisotopic (exact) mass is 443 g/mol. The van der Waals surface area contributed by atoms with Crippen LogP contribution < -0.4 is 4.72 Å². The van der Waals surface area contributed by atoms with Crippen LogP contribution in [0.15, 0.2) is 41.3 Å². The molecule has 2 aromatic carbocycles. The smallest absolute Gasteiger partial charge is 0.210 e. The van der Waals surface area contributed by atoms with Gasteiger partial charge in [-0.3, -0.25) is 0 Å². The van der Waals surface area contributed by atoms with Gasteiger partial charge in [0.15, 0.2) is 0 Å². The van der Waals surface area contributed by atoms with Crippen LogP contribution in [0.4, 0.5) is 0 Å². The first-order valence-electron chi connectivity index (χ1n) is 6.76. The zero-order valence-corrected chi connectivity index (χ0v) is 16.9. The third-order valence-electron chi connectivity index (χ3n) is 3.05. The van der Waals surface area contributed by atoms with E-state index in [2.05, 4.69) is 4.72 Å². The van der Waals surface area contributed by atoms with Gasteiger partial charge in [0.2, 0.25) is 10.0 Å². The molecule has 2 aromatic rings. The highest BCUT2D eigenvalue weighted by atomic mass is 35.5. The highest BCUT2D eigenvalue weighted by Gasteiger charge is 2.15. The lowest BCUT2D eigenvalue weighted by Gasteiger charge is -2.09. The largest absolute Gasteiger partial charge is 0.240 e. The van der Waals surface area contributed by atoms with E-state index in [0.29, 0.717) is 26.6 Å². The fourth-order valence-electron chi connectivity index (χ4n) is 1.82. The number of nitrogens with one attached hydrogen (secondary N) is 1. The van der Waals surface area contributed by atoms with E-state index in [1.165, 1.54) is 30.0 Å². The summed E-state index contributed by atoms with van der Waals surface area (Å²) in [5, 5.41) is 1.71. The molecule has 0 aromatic heterocycles. The van der Waals surface area contributed by atoms with Crippen molar-refractivity contribution in [3.8, 4) is 0 Å². The Morgan fingerprint density at radius 1 is 0.917 bits per heavy atom. The van der Waals surface area contributed by atoms with E-state index in [-0.39, 0.29) is 16.5 Å². The SMILES string of the molecule is O=S(=O)(NCCSCc1c(Cl)cccc1Cl)c1ccc(Cl)c(Cl)c1. The maximum absolute atomic E-state index is 12.2. The molecule has 130 valence electrons. The number of hydrogen-bond donors (Lipinski definition) is 1. The first kappa shape index (κ1) is 20.2. The molecule has 9 heteroatoms. The minimum atomic E-state index is -3.62. The molecule has 0 saturated heterocycles. The van der Waals surface area contributed by atoms with Crippen LogP contribution in [0.1, 0.15) is 5.56 Å². The molecule has 1 N–H and O–H groups in total. The summed E-state index contributed by atoms with van der Waals surface area (Å²) in [5.41, 5.74) is 0.846. The van der Waals surface area contributed by atoms with Gasteiger partial charge in [0, 0.05) is 28.1 Å². The summed E-state index contributed by atoms with van der Waals surface area (Å²) in [7, 11) is -3.62. The Bertz CT molecular complexity index is 808. The van der Waals surface area contributed by atoms with Gasteiger partial charge < -0.3 is 0 Å². The van der Waals surface area contributed by atoms with Crippen LogP contribution in [0.2, 0.25) is 20.1 Å². The van der Waals surface area contributed by atoms with E-state index < -0.39 is 10.0 Å². The second kappa shape index (κ2) is 8.99. The molecule has 0 fully saturated rings. The summed E-state index contributed by atoms with van der Waals surface area (Å²) < 4.78 is 26.9. The van der Waals surface area contributed by atoms with Gasteiger partial charge in [0.05, 0.1) is 14.9 Å². The first-order chi connectivity index (χ1) is 11.3. The molecular formula is C15H13Cl4NO2S2. The Morgan fingerprint density at radius 2 is 1.58 bits per heavy atom. The summed E-state index contributed by atoms with van der Waals surface area (Å²) in [5.74, 6) is 1.18. The van der Waals surface area contributed by atoms with Crippen LogP contribution in [0.5, 0.6) is 0 Å². The number of halogens is 4. The van der Waals surface area contributed by atoms with Gasteiger partial charge in [-0.15, -0.1) is 0 Å². The highest BCUT2D eigenvalue weighted by Crippen LogP contribution is 2.28. The van der Waals surface area contributed by atoms with E-state index in [4.69, 9.17) is 46.4 Å². The Morgan fingerprint density at radius 3 is 2.21 bits per heavy atom. The van der Waals surface area contributed by atoms with Gasteiger partial charge in [0.25, 0.3) is 0 Å². The van der Waals surface area contributed by atoms with Crippen molar-refractivity contribution in [3.63, 3.8) is 0 Å². The number of benzene rings is 2. The van der Waals surface area contributed by atoms with Crippen molar-refractivity contribution in [1.82, 2.24) is 4.72 Å². The van der Waals surface area contributed by atoms with Gasteiger partial charge in [0.1, 0.15) is 0 Å². The minimum absolute atomic E-state index is 0.0797. The molecule has 0 saturated carbocycles. The predicted octanol–water partition coefficient (Wildman–Crippen LogP) is 5.51. The molecule has 0 spiro atoms. The third-order valence-corrected chi connectivity index (χ3v) is 6.94. The second-order valence-corrected chi connectivity index (χ2v) is 9.23. The van der Waals surface area contributed by atoms with Crippen LogP contribution in [0.3, 0.4) is 0 Å². The van der Waals surface area contributed by atoms with Crippen molar-refractivity contribution < 1.29 is 8.42 Å². The van der Waals surface area contributed by atoms with Gasteiger partial charge in [-0.2, -0.15) is 11.8 Å². The first-order valence-corrected chi connectivity index (χ1v) is 10.9. The lowest BCUT2D eigenvalue weighted by molar-refractivity contribution is 0.584. The lowest BCUT2D eigenvalue weighted by Crippen LogP contribution is -2.26. The molecule has 0 atom stereocenters. The molecule has 0 aliphatic heterocycles. The standard InChI is InChI=1S/C15H13Cl4NO2S2/c16-12-2-1-3-13(17)11(12)9-23-7-6-20-24(21,22)10-4-5-14(18)15(19)8-10/h1-5,8,20H,6-7,9H2. The fraction of sp³-hybridized carbons (Fsp3) is 0.200. The molecule has 0 aliphatic carbocycles. The van der Waals surface area contributed by atoms with E-state index in [9.17, 15) is 8.42 Å². The molecule has 24 heavy (non-hydrogen) atoms. The fourth-order valence-corrected chi connectivity index (χ4v) is 4.97. The summed E-state index contributed by atoms with van der Waals surface area (Å²) in [4.78, 5) is 0.0797. The normalized spacial score (nSPS) is 11.7. The second-order valence-electron chi connectivity index (χ2n) is 4.73. The molecule has 3 nitrogen and oxygen atoms in total. The molecule has 0 heterocycles. The van der Waals surface area contributed by atoms with Crippen LogP contribution in [-0.2, 0) is 15.8 Å². The van der Waals surface area contributed by atoms with Crippen LogP contribution in [0, 0.1) is 0 Å². The van der Waals surface area contributed by atoms with Crippen LogP contribution in [-0.4, -0.2) is 20.7 Å². The maximum Gasteiger partial charge on any atom is 0.240 e. The van der Waals surface area contributed by atoms with Crippen LogP contribution in [0.25, 0.3) is 0 Å². The molecule has 0 unspecified atom stereocenters. The Hall–Kier alpha value is -0.140. The van der Waals surface area contributed by atoms with Crippen molar-refractivity contribution in [2.45, 2.75) is 10.6 Å². The van der Waals surface area contributed by atoms with Gasteiger partial charge in [-0.25, -0.2) is 13.1 Å². The molecule has 0 amide bonds. The maximum atomic E-state index is 12.2. The van der Waals surface area contributed by atoms with Crippen molar-refractivity contribution in [1.29, 1.82) is 0 Å². The Labute approximate surface area is 165 Å². The van der Waals surface area contributed by atoms with Crippen molar-refractivity contribution in [2.75, 3.05) is 12.3 Å². The summed E-state index contributed by atoms with van der Waals surface area (Å²) >= 11 is 25.3. The molecule has 2 rings (SSSR count). The zero-order chi connectivity index (χ0) is 17.7. The molecule has 0 aliphatic rings. The van der Waals surface area contributed by atoms with E-state index in [1.54, 1.807) is 18.2 Å². The number of hydrogen-bond acceptors (Lipinski definition) is 3. The number of sulfonamides is 1. The Balaban J connectivity index is 1.86. The number of rotatable bonds is 7. The molecular weight excluding hydrogens is 432 g/mol. The van der Waals surface area contributed by atoms with Gasteiger partial charge in [-0.05, 0) is 35.9 Å². The average molecular weight is 445 g/mol. The van der Waals surface area contributed by atoms with E-state index in [0.717, 1.165) is 5.56 Å².